The average molecular weight is 179 g/mol. The molecular formula is C9H13N3O. The predicted octanol–water partition coefficient (Wildman–Crippen LogP) is 0.175. The highest BCUT2D eigenvalue weighted by atomic mass is 16.3. The van der Waals surface area contributed by atoms with E-state index in [1.165, 1.54) is 0 Å². The third kappa shape index (κ3) is 1.55. The summed E-state index contributed by atoms with van der Waals surface area (Å²) in [4.78, 5) is 8.04. The molecule has 0 amide bonds. The quantitative estimate of drug-likeness (QED) is 0.645. The lowest BCUT2D eigenvalue weighted by atomic mass is 9.98. The van der Waals surface area contributed by atoms with Gasteiger partial charge in [0.2, 0.25) is 0 Å². The molecule has 13 heavy (non-hydrogen) atoms. The van der Waals surface area contributed by atoms with Gasteiger partial charge in [-0.25, -0.2) is 0 Å². The van der Waals surface area contributed by atoms with Crippen molar-refractivity contribution in [2.45, 2.75) is 30.9 Å². The molecule has 2 atom stereocenters. The second-order valence-corrected chi connectivity index (χ2v) is 3.63. The van der Waals surface area contributed by atoms with E-state index in [1.807, 2.05) is 0 Å². The van der Waals surface area contributed by atoms with E-state index in [0.717, 1.165) is 6.42 Å². The minimum Gasteiger partial charge on any atom is -0.383 e. The summed E-state index contributed by atoms with van der Waals surface area (Å²) in [5, 5.41) is 10.2. The van der Waals surface area contributed by atoms with E-state index < -0.39 is 5.60 Å². The van der Waals surface area contributed by atoms with E-state index in [4.69, 9.17) is 5.73 Å². The molecule has 1 heterocycles. The predicted molar refractivity (Wildman–Crippen MR) is 47.8 cm³/mol. The topological polar surface area (TPSA) is 72.0 Å². The molecule has 4 nitrogen and oxygen atoms in total. The van der Waals surface area contributed by atoms with Crippen LogP contribution in [0, 0.1) is 0 Å². The van der Waals surface area contributed by atoms with Gasteiger partial charge in [0, 0.05) is 18.4 Å². The van der Waals surface area contributed by atoms with Gasteiger partial charge in [0.05, 0.1) is 11.9 Å². The molecule has 1 fully saturated rings. The molecule has 0 aromatic carbocycles. The van der Waals surface area contributed by atoms with Crippen LogP contribution in [-0.2, 0) is 5.60 Å². The molecule has 0 aliphatic heterocycles. The Balaban J connectivity index is 2.26. The number of hydrogen-bond acceptors (Lipinski definition) is 4. The van der Waals surface area contributed by atoms with Crippen molar-refractivity contribution >= 4 is 0 Å². The number of nitrogens with zero attached hydrogens (tertiary/aromatic N) is 2. The molecular weight excluding hydrogens is 166 g/mol. The molecule has 1 aromatic rings. The summed E-state index contributed by atoms with van der Waals surface area (Å²) in [6, 6.07) is 0.0898. The molecule has 0 saturated heterocycles. The van der Waals surface area contributed by atoms with Crippen LogP contribution in [0.25, 0.3) is 0 Å². The average Bonchev–Trinajstić information content (AvgIpc) is 2.49. The van der Waals surface area contributed by atoms with E-state index in [0.29, 0.717) is 18.5 Å². The molecule has 3 N–H and O–H groups in total. The second kappa shape index (κ2) is 3.05. The number of hydrogen-bond donors (Lipinski definition) is 2. The first kappa shape index (κ1) is 8.59. The van der Waals surface area contributed by atoms with Crippen molar-refractivity contribution in [2.75, 3.05) is 0 Å². The Labute approximate surface area is 76.8 Å². The van der Waals surface area contributed by atoms with Crippen LogP contribution in [0.1, 0.15) is 25.0 Å². The lowest BCUT2D eigenvalue weighted by Gasteiger charge is -2.20. The first-order valence-corrected chi connectivity index (χ1v) is 4.45. The van der Waals surface area contributed by atoms with Gasteiger partial charge in [-0.1, -0.05) is 0 Å². The van der Waals surface area contributed by atoms with Gasteiger partial charge in [0.15, 0.2) is 0 Å². The first-order chi connectivity index (χ1) is 6.21. The SMILES string of the molecule is NC1CCC(O)(c2cnccn2)C1. The van der Waals surface area contributed by atoms with Crippen molar-refractivity contribution < 1.29 is 5.11 Å². The summed E-state index contributed by atoms with van der Waals surface area (Å²) >= 11 is 0. The van der Waals surface area contributed by atoms with Crippen LogP contribution in [0.4, 0.5) is 0 Å². The molecule has 1 aliphatic carbocycles. The fourth-order valence-electron chi connectivity index (χ4n) is 1.83. The Morgan fingerprint density at radius 3 is 2.92 bits per heavy atom. The Morgan fingerprint density at radius 1 is 1.54 bits per heavy atom. The highest BCUT2D eigenvalue weighted by Gasteiger charge is 2.38. The summed E-state index contributed by atoms with van der Waals surface area (Å²) in [6.45, 7) is 0. The Hall–Kier alpha value is -1.00. The van der Waals surface area contributed by atoms with E-state index >= 15 is 0 Å². The van der Waals surface area contributed by atoms with Crippen molar-refractivity contribution in [3.05, 3.63) is 24.3 Å². The van der Waals surface area contributed by atoms with E-state index in [9.17, 15) is 5.11 Å². The first-order valence-electron chi connectivity index (χ1n) is 4.45. The van der Waals surface area contributed by atoms with E-state index in [1.54, 1.807) is 18.6 Å². The molecule has 70 valence electrons. The van der Waals surface area contributed by atoms with E-state index in [-0.39, 0.29) is 6.04 Å². The number of nitrogens with two attached hydrogens (primary N) is 1. The van der Waals surface area contributed by atoms with Crippen LogP contribution in [0.2, 0.25) is 0 Å². The van der Waals surface area contributed by atoms with Crippen molar-refractivity contribution in [2.24, 2.45) is 5.73 Å². The zero-order chi connectivity index (χ0) is 9.31. The summed E-state index contributed by atoms with van der Waals surface area (Å²) in [5.41, 5.74) is 5.54. The summed E-state index contributed by atoms with van der Waals surface area (Å²) in [5.74, 6) is 0. The molecule has 2 unspecified atom stereocenters. The van der Waals surface area contributed by atoms with Crippen LogP contribution in [-0.4, -0.2) is 21.1 Å². The van der Waals surface area contributed by atoms with Crippen LogP contribution < -0.4 is 5.73 Å². The van der Waals surface area contributed by atoms with Gasteiger partial charge >= 0.3 is 0 Å². The maximum Gasteiger partial charge on any atom is 0.110 e. The van der Waals surface area contributed by atoms with Crippen LogP contribution >= 0.6 is 0 Å². The fourth-order valence-corrected chi connectivity index (χ4v) is 1.83. The third-order valence-corrected chi connectivity index (χ3v) is 2.57. The zero-order valence-corrected chi connectivity index (χ0v) is 7.35. The van der Waals surface area contributed by atoms with E-state index in [2.05, 4.69) is 9.97 Å². The van der Waals surface area contributed by atoms with Crippen molar-refractivity contribution in [3.8, 4) is 0 Å². The van der Waals surface area contributed by atoms with Crippen molar-refractivity contribution in [1.82, 2.24) is 9.97 Å². The third-order valence-electron chi connectivity index (χ3n) is 2.57. The molecule has 1 saturated carbocycles. The molecule has 4 heteroatoms. The van der Waals surface area contributed by atoms with Crippen LogP contribution in [0.5, 0.6) is 0 Å². The monoisotopic (exact) mass is 179 g/mol. The molecule has 1 aliphatic rings. The zero-order valence-electron chi connectivity index (χ0n) is 7.35. The fraction of sp³-hybridized carbons (Fsp3) is 0.556. The van der Waals surface area contributed by atoms with Gasteiger partial charge < -0.3 is 10.8 Å². The lowest BCUT2D eigenvalue weighted by Crippen LogP contribution is -2.26. The van der Waals surface area contributed by atoms with Gasteiger partial charge in [-0.15, -0.1) is 0 Å². The Kier molecular flexibility index (Phi) is 2.01. The number of rotatable bonds is 1. The van der Waals surface area contributed by atoms with Crippen LogP contribution in [0.15, 0.2) is 18.6 Å². The summed E-state index contributed by atoms with van der Waals surface area (Å²) in [6.07, 6.45) is 6.93. The van der Waals surface area contributed by atoms with Crippen molar-refractivity contribution in [1.29, 1.82) is 0 Å². The molecule has 0 bridgehead atoms. The Morgan fingerprint density at radius 2 is 2.38 bits per heavy atom. The summed E-state index contributed by atoms with van der Waals surface area (Å²) in [7, 11) is 0. The largest absolute Gasteiger partial charge is 0.383 e. The Bertz CT molecular complexity index is 290. The van der Waals surface area contributed by atoms with Crippen LogP contribution in [0.3, 0.4) is 0 Å². The number of aliphatic hydroxyl groups is 1. The van der Waals surface area contributed by atoms with Gasteiger partial charge in [-0.05, 0) is 19.3 Å². The van der Waals surface area contributed by atoms with Gasteiger partial charge in [0.1, 0.15) is 5.60 Å². The summed E-state index contributed by atoms with van der Waals surface area (Å²) < 4.78 is 0. The lowest BCUT2D eigenvalue weighted by molar-refractivity contribution is 0.0382. The maximum atomic E-state index is 10.2. The highest BCUT2D eigenvalue weighted by molar-refractivity contribution is 5.11. The molecule has 2 rings (SSSR count). The number of aromatic nitrogens is 2. The molecule has 0 spiro atoms. The van der Waals surface area contributed by atoms with Gasteiger partial charge in [0.25, 0.3) is 0 Å². The standard InChI is InChI=1S/C9H13N3O/c10-7-1-2-9(13,5-7)8-6-11-3-4-12-8/h3-4,6-7,13H,1-2,5,10H2. The smallest absolute Gasteiger partial charge is 0.110 e. The maximum absolute atomic E-state index is 10.2. The normalized spacial score (nSPS) is 33.5. The molecule has 0 radical (unpaired) electrons. The minimum atomic E-state index is -0.840. The minimum absolute atomic E-state index is 0.0898. The van der Waals surface area contributed by atoms with Gasteiger partial charge in [-0.2, -0.15) is 0 Å². The van der Waals surface area contributed by atoms with Gasteiger partial charge in [-0.3, -0.25) is 9.97 Å². The molecule has 1 aromatic heterocycles. The second-order valence-electron chi connectivity index (χ2n) is 3.63. The highest BCUT2D eigenvalue weighted by Crippen LogP contribution is 2.36. The van der Waals surface area contributed by atoms with Crippen molar-refractivity contribution in [3.63, 3.8) is 0 Å².